The number of allylic oxidation sites excluding steroid dienone is 1. The van der Waals surface area contributed by atoms with Crippen molar-refractivity contribution in [2.24, 2.45) is 11.8 Å². The molecule has 0 radical (unpaired) electrons. The molecule has 8 aliphatic rings. The quantitative estimate of drug-likeness (QED) is 0.222. The van der Waals surface area contributed by atoms with Crippen molar-refractivity contribution in [2.75, 3.05) is 151 Å². The fraction of sp³-hybridized carbons (Fsp3) is 0.967. The van der Waals surface area contributed by atoms with Crippen molar-refractivity contribution < 1.29 is 4.74 Å². The highest BCUT2D eigenvalue weighted by Crippen LogP contribution is 2.18. The molecule has 0 amide bonds. The topological polar surface area (TPSA) is 41.6 Å². The Hall–Kier alpha value is -0.860. The second-order valence-electron chi connectivity index (χ2n) is 24.8. The molecule has 11 heteroatoms. The maximum atomic E-state index is 5.21. The van der Waals surface area contributed by atoms with Crippen LogP contribution in [0.5, 0.6) is 0 Å². The number of rotatable bonds is 9. The first-order chi connectivity index (χ1) is 33.4. The average molecular weight is 1010 g/mol. The van der Waals surface area contributed by atoms with Crippen molar-refractivity contribution in [1.82, 2.24) is 49.0 Å². The summed E-state index contributed by atoms with van der Waals surface area (Å²) >= 11 is 0. The van der Waals surface area contributed by atoms with Crippen LogP contribution in [0, 0.1) is 11.8 Å². The third-order valence-corrected chi connectivity index (χ3v) is 15.9. The number of nitrogens with zero attached hydrogens (tertiary/aromatic N) is 10. The molecule has 71 heavy (non-hydrogen) atoms. The molecule has 8 aliphatic heterocycles. The number of piperidine rings is 1. The Bertz CT molecular complexity index is 1180. The first-order valence-electron chi connectivity index (χ1n) is 30.0. The van der Waals surface area contributed by atoms with E-state index in [9.17, 15) is 0 Å². The summed E-state index contributed by atoms with van der Waals surface area (Å²) in [6.45, 7) is 73.7. The van der Waals surface area contributed by atoms with Crippen LogP contribution in [0.3, 0.4) is 0 Å². The molecule has 8 fully saturated rings. The van der Waals surface area contributed by atoms with Gasteiger partial charge < -0.3 is 39.0 Å². The van der Waals surface area contributed by atoms with E-state index in [0.717, 1.165) is 87.5 Å². The molecular formula is C60H128N10O. The highest BCUT2D eigenvalue weighted by atomic mass is 16.5. The predicted molar refractivity (Wildman–Crippen MR) is 314 cm³/mol. The fourth-order valence-electron chi connectivity index (χ4n) is 9.94. The second kappa shape index (κ2) is 38.6. The number of ether oxygens (including phenoxy) is 1. The summed E-state index contributed by atoms with van der Waals surface area (Å²) in [5, 5.41) is 0. The van der Waals surface area contributed by atoms with Gasteiger partial charge in [-0.15, -0.1) is 0 Å². The zero-order valence-electron chi connectivity index (χ0n) is 51.7. The second-order valence-corrected chi connectivity index (χ2v) is 24.8. The van der Waals surface area contributed by atoms with Crippen LogP contribution in [0.2, 0.25) is 0 Å². The first-order valence-corrected chi connectivity index (χ1v) is 30.0. The summed E-state index contributed by atoms with van der Waals surface area (Å²) in [5.41, 5.74) is 1.21. The Morgan fingerprint density at radius 2 is 0.592 bits per heavy atom. The number of likely N-dealkylation sites (N-methyl/N-ethyl adjacent to an activating group) is 1. The Morgan fingerprint density at radius 3 is 0.803 bits per heavy atom. The van der Waals surface area contributed by atoms with E-state index in [1.165, 1.54) is 149 Å². The molecule has 0 spiro atoms. The van der Waals surface area contributed by atoms with E-state index >= 15 is 0 Å². The van der Waals surface area contributed by atoms with Gasteiger partial charge in [-0.05, 0) is 208 Å². The largest absolute Gasteiger partial charge is 0.379 e. The fourth-order valence-corrected chi connectivity index (χ4v) is 9.94. The van der Waals surface area contributed by atoms with Crippen molar-refractivity contribution in [3.05, 3.63) is 12.3 Å². The van der Waals surface area contributed by atoms with Gasteiger partial charge in [0.1, 0.15) is 0 Å². The lowest BCUT2D eigenvalue weighted by Crippen LogP contribution is -2.48. The van der Waals surface area contributed by atoms with Gasteiger partial charge in [-0.25, -0.2) is 0 Å². The van der Waals surface area contributed by atoms with E-state index < -0.39 is 0 Å². The highest BCUT2D eigenvalue weighted by Gasteiger charge is 2.25. The minimum atomic E-state index is 0.689. The summed E-state index contributed by atoms with van der Waals surface area (Å²) in [5.74, 6) is 1.91. The van der Waals surface area contributed by atoms with Crippen molar-refractivity contribution in [3.8, 4) is 0 Å². The Balaban J connectivity index is 0.000000408. The number of piperazine rings is 2. The van der Waals surface area contributed by atoms with E-state index in [1.807, 2.05) is 0 Å². The third-order valence-electron chi connectivity index (χ3n) is 15.9. The van der Waals surface area contributed by atoms with E-state index in [-0.39, 0.29) is 0 Å². The Morgan fingerprint density at radius 1 is 0.338 bits per heavy atom. The van der Waals surface area contributed by atoms with Crippen LogP contribution in [0.4, 0.5) is 0 Å². The predicted octanol–water partition coefficient (Wildman–Crippen LogP) is 10.1. The lowest BCUT2D eigenvalue weighted by Gasteiger charge is -2.40. The van der Waals surface area contributed by atoms with Gasteiger partial charge in [0.15, 0.2) is 0 Å². The van der Waals surface area contributed by atoms with Crippen LogP contribution in [-0.2, 0) is 4.74 Å². The lowest BCUT2D eigenvalue weighted by atomic mass is 10.0. The van der Waals surface area contributed by atoms with Crippen LogP contribution < -0.4 is 0 Å². The molecule has 0 aromatic carbocycles. The SMILES string of the molecule is C=C(C)N1CCN(C(C)C)CC1.CC(C)N1CCC1.CC(C)N1CCCC1.CC(C)N1CCCCC1.CC(C)N1CCN(C)CC1.CC(C)N1CCOCC1.CC1CN(C(C)C)C1.CC1CN(C(C)C)C1. The Kier molecular flexibility index (Phi) is 37.1. The van der Waals surface area contributed by atoms with Gasteiger partial charge in [-0.1, -0.05) is 26.8 Å². The molecule has 424 valence electrons. The van der Waals surface area contributed by atoms with Gasteiger partial charge in [0.25, 0.3) is 0 Å². The normalized spacial score (nSPS) is 22.8. The molecule has 8 rings (SSSR count). The third kappa shape index (κ3) is 31.1. The molecule has 0 aromatic rings. The monoisotopic (exact) mass is 1010 g/mol. The summed E-state index contributed by atoms with van der Waals surface area (Å²) in [4.78, 5) is 24.8. The molecule has 0 aliphatic carbocycles. The van der Waals surface area contributed by atoms with Crippen LogP contribution in [0.15, 0.2) is 12.3 Å². The number of hydrogen-bond donors (Lipinski definition) is 0. The molecule has 11 nitrogen and oxygen atoms in total. The van der Waals surface area contributed by atoms with E-state index in [1.54, 1.807) is 0 Å². The van der Waals surface area contributed by atoms with Crippen LogP contribution in [0.1, 0.15) is 170 Å². The molecule has 0 unspecified atom stereocenters. The van der Waals surface area contributed by atoms with Gasteiger partial charge in [0.2, 0.25) is 0 Å². The molecule has 8 heterocycles. The smallest absolute Gasteiger partial charge is 0.0594 e. The van der Waals surface area contributed by atoms with Gasteiger partial charge in [-0.3, -0.25) is 14.7 Å². The zero-order chi connectivity index (χ0) is 53.6. The number of likely N-dealkylation sites (tertiary alicyclic amines) is 5. The van der Waals surface area contributed by atoms with Gasteiger partial charge in [0, 0.05) is 146 Å². The molecule has 0 atom stereocenters. The molecule has 0 saturated carbocycles. The minimum absolute atomic E-state index is 0.689. The van der Waals surface area contributed by atoms with Gasteiger partial charge in [-0.2, -0.15) is 0 Å². The van der Waals surface area contributed by atoms with Gasteiger partial charge in [0.05, 0.1) is 13.2 Å². The van der Waals surface area contributed by atoms with Gasteiger partial charge >= 0.3 is 0 Å². The maximum absolute atomic E-state index is 5.21. The summed E-state index contributed by atoms with van der Waals surface area (Å²) in [6, 6.07) is 5.98. The van der Waals surface area contributed by atoms with Crippen LogP contribution >= 0.6 is 0 Å². The first kappa shape index (κ1) is 68.2. The van der Waals surface area contributed by atoms with Crippen LogP contribution in [0.25, 0.3) is 0 Å². The minimum Gasteiger partial charge on any atom is -0.379 e. The standard InChI is InChI=1S/C10H20N2.C8H18N2.C8H17N.C7H15NO.3C7H15N.C6H13N/c1-9(2)11-5-7-12(8-6-11)10(3)4;1-8(2)10-6-4-9(3)5-7-10;1-8(2)9-6-4-3-5-7-9;1-7(2)8-3-5-9-6-4-8;2*1-6(2)8-4-7(3)5-8;1-7(2)8-5-3-4-6-8;1-6(2)7-4-3-5-7/h10H,1,5-8H2,2-4H3;8H,4-7H2,1-3H3;8H,3-7H2,1-2H3;7H,3-6H2,1-2H3;2*6-7H,4-5H2,1-3H3;7H,3-6H2,1-2H3;6H,3-5H2,1-2H3. The average Bonchev–Trinajstić information content (AvgIpc) is 3.85. The maximum Gasteiger partial charge on any atom is 0.0594 e. The Labute approximate surface area is 445 Å². The van der Waals surface area contributed by atoms with Crippen molar-refractivity contribution in [1.29, 1.82) is 0 Å². The summed E-state index contributed by atoms with van der Waals surface area (Å²) < 4.78 is 5.21. The lowest BCUT2D eigenvalue weighted by molar-refractivity contribution is 0.0238. The number of morpholine rings is 1. The molecule has 0 N–H and O–H groups in total. The summed E-state index contributed by atoms with van der Waals surface area (Å²) in [6.07, 6.45) is 8.52. The highest BCUT2D eigenvalue weighted by molar-refractivity contribution is 4.92. The molecule has 0 aromatic heterocycles. The number of hydrogen-bond acceptors (Lipinski definition) is 11. The summed E-state index contributed by atoms with van der Waals surface area (Å²) in [7, 11) is 2.19. The van der Waals surface area contributed by atoms with E-state index in [4.69, 9.17) is 4.74 Å². The molecular weight excluding hydrogens is 877 g/mol. The van der Waals surface area contributed by atoms with Crippen LogP contribution in [-0.4, -0.2) is 248 Å². The zero-order valence-corrected chi connectivity index (χ0v) is 51.7. The van der Waals surface area contributed by atoms with E-state index in [0.29, 0.717) is 12.1 Å². The van der Waals surface area contributed by atoms with Crippen molar-refractivity contribution in [3.63, 3.8) is 0 Å². The van der Waals surface area contributed by atoms with Crippen molar-refractivity contribution in [2.45, 2.75) is 218 Å². The van der Waals surface area contributed by atoms with E-state index in [2.05, 4.69) is 194 Å². The molecule has 0 bridgehead atoms. The van der Waals surface area contributed by atoms with Crippen molar-refractivity contribution >= 4 is 0 Å². The molecule has 8 saturated heterocycles.